The summed E-state index contributed by atoms with van der Waals surface area (Å²) in [6.45, 7) is 10.0. The van der Waals surface area contributed by atoms with Crippen LogP contribution in [0.4, 0.5) is 0 Å². The van der Waals surface area contributed by atoms with Crippen LogP contribution in [0.2, 0.25) is 0 Å². The average Bonchev–Trinajstić information content (AvgIpc) is 3.29. The molecule has 8 nitrogen and oxygen atoms in total. The van der Waals surface area contributed by atoms with E-state index in [0.717, 1.165) is 66.1 Å². The molecule has 3 N–H and O–H groups in total. The van der Waals surface area contributed by atoms with Gasteiger partial charge in [-0.15, -0.1) is 5.10 Å². The fourth-order valence-corrected chi connectivity index (χ4v) is 5.01. The molecule has 0 radical (unpaired) electrons. The molecule has 1 fully saturated rings. The number of hydrogen-bond acceptors (Lipinski definition) is 4. The summed E-state index contributed by atoms with van der Waals surface area (Å²) in [4.78, 5) is 19.5. The number of fused-ring (bicyclic) bond motifs is 1. The van der Waals surface area contributed by atoms with Gasteiger partial charge in [0.2, 0.25) is 5.82 Å². The second kappa shape index (κ2) is 9.25. The number of tetrazole rings is 1. The highest BCUT2D eigenvalue weighted by Gasteiger charge is 2.37. The SMILES string of the molecule is CC[NH+]1CC[NH+]([C@@H](c2cc3cccc(C)c3[nH]c2=O)c2nnnn2Cc2ccccc2)CC1. The summed E-state index contributed by atoms with van der Waals surface area (Å²) < 4.78 is 1.85. The molecule has 1 aliphatic rings. The summed E-state index contributed by atoms with van der Waals surface area (Å²) in [5.41, 5.74) is 3.75. The smallest absolute Gasteiger partial charge is 0.258 e. The topological polar surface area (TPSA) is 85.3 Å². The number of pyridine rings is 1. The highest BCUT2D eigenvalue weighted by Crippen LogP contribution is 2.20. The number of para-hydroxylation sites is 1. The predicted molar refractivity (Wildman–Crippen MR) is 126 cm³/mol. The van der Waals surface area contributed by atoms with Gasteiger partial charge in [-0.3, -0.25) is 4.79 Å². The molecule has 0 amide bonds. The number of aryl methyl sites for hydroxylation is 1. The molecule has 0 spiro atoms. The lowest BCUT2D eigenvalue weighted by Crippen LogP contribution is -3.28. The Labute approximate surface area is 192 Å². The highest BCUT2D eigenvalue weighted by molar-refractivity contribution is 5.82. The quantitative estimate of drug-likeness (QED) is 0.383. The molecule has 0 aliphatic carbocycles. The molecule has 4 aromatic rings. The fourth-order valence-electron chi connectivity index (χ4n) is 5.01. The van der Waals surface area contributed by atoms with Gasteiger partial charge in [0.15, 0.2) is 6.04 Å². The van der Waals surface area contributed by atoms with Gasteiger partial charge >= 0.3 is 0 Å². The zero-order valence-electron chi connectivity index (χ0n) is 19.2. The van der Waals surface area contributed by atoms with Crippen LogP contribution in [0.25, 0.3) is 10.9 Å². The number of H-pyrrole nitrogens is 1. The van der Waals surface area contributed by atoms with E-state index in [1.807, 2.05) is 48.0 Å². The van der Waals surface area contributed by atoms with Crippen molar-refractivity contribution in [2.24, 2.45) is 0 Å². The Hall–Kier alpha value is -3.36. The minimum absolute atomic E-state index is 0.0613. The van der Waals surface area contributed by atoms with Gasteiger partial charge in [-0.25, -0.2) is 4.68 Å². The van der Waals surface area contributed by atoms with Crippen LogP contribution in [0.5, 0.6) is 0 Å². The number of benzene rings is 2. The minimum Gasteiger partial charge on any atom is -0.326 e. The van der Waals surface area contributed by atoms with Crippen molar-refractivity contribution < 1.29 is 9.80 Å². The van der Waals surface area contributed by atoms with Gasteiger partial charge in [-0.1, -0.05) is 48.5 Å². The lowest BCUT2D eigenvalue weighted by molar-refractivity contribution is -1.02. The van der Waals surface area contributed by atoms with E-state index in [2.05, 4.69) is 45.6 Å². The highest BCUT2D eigenvalue weighted by atomic mass is 16.1. The molecular formula is C25H31N7O+2. The zero-order valence-corrected chi connectivity index (χ0v) is 19.2. The van der Waals surface area contributed by atoms with E-state index in [1.54, 1.807) is 4.90 Å². The first-order valence-electron chi connectivity index (χ1n) is 11.7. The van der Waals surface area contributed by atoms with E-state index in [4.69, 9.17) is 0 Å². The van der Waals surface area contributed by atoms with Crippen LogP contribution in [-0.4, -0.2) is 57.9 Å². The summed E-state index contributed by atoms with van der Waals surface area (Å²) in [6, 6.07) is 18.1. The molecule has 5 rings (SSSR count). The van der Waals surface area contributed by atoms with Gasteiger partial charge < -0.3 is 14.8 Å². The molecule has 170 valence electrons. The zero-order chi connectivity index (χ0) is 22.8. The maximum absolute atomic E-state index is 13.4. The van der Waals surface area contributed by atoms with Crippen LogP contribution in [0, 0.1) is 6.92 Å². The van der Waals surface area contributed by atoms with Crippen molar-refractivity contribution in [3.8, 4) is 0 Å². The summed E-state index contributed by atoms with van der Waals surface area (Å²) in [5.74, 6) is 0.742. The van der Waals surface area contributed by atoms with Crippen molar-refractivity contribution >= 4 is 10.9 Å². The van der Waals surface area contributed by atoms with Crippen LogP contribution >= 0.6 is 0 Å². The number of piperazine rings is 1. The van der Waals surface area contributed by atoms with E-state index >= 15 is 0 Å². The minimum atomic E-state index is -0.226. The van der Waals surface area contributed by atoms with Crippen molar-refractivity contribution in [2.75, 3.05) is 32.7 Å². The summed E-state index contributed by atoms with van der Waals surface area (Å²) in [7, 11) is 0. The molecular weight excluding hydrogens is 414 g/mol. The number of aromatic nitrogens is 5. The number of nitrogens with zero attached hydrogens (tertiary/aromatic N) is 4. The van der Waals surface area contributed by atoms with Crippen LogP contribution < -0.4 is 15.4 Å². The molecule has 2 aromatic carbocycles. The lowest BCUT2D eigenvalue weighted by atomic mass is 10.0. The number of quaternary nitrogens is 2. The first kappa shape index (κ1) is 21.5. The van der Waals surface area contributed by atoms with Crippen LogP contribution in [0.3, 0.4) is 0 Å². The third-order valence-corrected chi connectivity index (χ3v) is 6.93. The Kier molecular flexibility index (Phi) is 6.02. The predicted octanol–water partition coefficient (Wildman–Crippen LogP) is -0.236. The average molecular weight is 446 g/mol. The first-order valence-corrected chi connectivity index (χ1v) is 11.7. The molecule has 1 saturated heterocycles. The summed E-state index contributed by atoms with van der Waals surface area (Å²) in [5, 5.41) is 13.8. The molecule has 1 atom stereocenters. The van der Waals surface area contributed by atoms with E-state index in [9.17, 15) is 4.79 Å². The maximum atomic E-state index is 13.4. The molecule has 33 heavy (non-hydrogen) atoms. The van der Waals surface area contributed by atoms with Crippen molar-refractivity contribution in [2.45, 2.75) is 26.4 Å². The number of rotatable bonds is 6. The van der Waals surface area contributed by atoms with Crippen LogP contribution in [-0.2, 0) is 6.54 Å². The van der Waals surface area contributed by atoms with E-state index < -0.39 is 0 Å². The Morgan fingerprint density at radius 2 is 1.85 bits per heavy atom. The third kappa shape index (κ3) is 4.31. The number of likely N-dealkylation sites (N-methyl/N-ethyl adjacent to an activating group) is 1. The molecule has 8 heteroatoms. The van der Waals surface area contributed by atoms with E-state index in [0.29, 0.717) is 6.54 Å². The van der Waals surface area contributed by atoms with E-state index in [1.165, 1.54) is 4.90 Å². The normalized spacial score (nSPS) is 19.6. The van der Waals surface area contributed by atoms with E-state index in [-0.39, 0.29) is 11.6 Å². The molecule has 1 aliphatic heterocycles. The van der Waals surface area contributed by atoms with Gasteiger partial charge in [0.25, 0.3) is 5.56 Å². The van der Waals surface area contributed by atoms with Gasteiger partial charge in [0, 0.05) is 0 Å². The largest absolute Gasteiger partial charge is 0.326 e. The Balaban J connectivity index is 1.60. The Bertz CT molecular complexity index is 1290. The molecule has 3 heterocycles. The Morgan fingerprint density at radius 3 is 2.61 bits per heavy atom. The van der Waals surface area contributed by atoms with Crippen LogP contribution in [0.1, 0.15) is 35.5 Å². The summed E-state index contributed by atoms with van der Waals surface area (Å²) >= 11 is 0. The second-order valence-corrected chi connectivity index (χ2v) is 8.97. The number of hydrogen-bond donors (Lipinski definition) is 3. The molecule has 0 unspecified atom stereocenters. The third-order valence-electron chi connectivity index (χ3n) is 6.93. The summed E-state index contributed by atoms with van der Waals surface area (Å²) in [6.07, 6.45) is 0. The fraction of sp³-hybridized carbons (Fsp3) is 0.360. The van der Waals surface area contributed by atoms with Gasteiger partial charge in [0.05, 0.1) is 24.2 Å². The number of nitrogens with one attached hydrogen (secondary N) is 3. The second-order valence-electron chi connectivity index (χ2n) is 8.97. The Morgan fingerprint density at radius 1 is 1.06 bits per heavy atom. The number of aromatic amines is 1. The van der Waals surface area contributed by atoms with Gasteiger partial charge in [-0.2, -0.15) is 0 Å². The van der Waals surface area contributed by atoms with Crippen molar-refractivity contribution in [3.63, 3.8) is 0 Å². The van der Waals surface area contributed by atoms with Gasteiger partial charge in [-0.05, 0) is 46.9 Å². The molecule has 0 bridgehead atoms. The van der Waals surface area contributed by atoms with Crippen molar-refractivity contribution in [1.82, 2.24) is 25.2 Å². The standard InChI is InChI=1S/C25H29N7O/c1-3-30-12-14-31(15-13-30)23(21-16-20-11-7-8-18(2)22(20)26-25(21)33)24-27-28-29-32(24)17-19-9-5-4-6-10-19/h4-11,16,23H,3,12-15,17H2,1-2H3,(H,26,33)/p+2/t23-/m0/s1. The lowest BCUT2D eigenvalue weighted by Gasteiger charge is -2.33. The monoisotopic (exact) mass is 445 g/mol. The molecule has 0 saturated carbocycles. The first-order chi connectivity index (χ1) is 16.1. The molecule has 2 aromatic heterocycles. The van der Waals surface area contributed by atoms with Crippen molar-refractivity contribution in [1.29, 1.82) is 0 Å². The van der Waals surface area contributed by atoms with Gasteiger partial charge in [0.1, 0.15) is 26.2 Å². The van der Waals surface area contributed by atoms with Crippen LogP contribution in [0.15, 0.2) is 59.4 Å². The maximum Gasteiger partial charge on any atom is 0.258 e. The van der Waals surface area contributed by atoms with Crippen molar-refractivity contribution in [3.05, 3.63) is 87.5 Å².